The molecule has 0 bridgehead atoms. The molecule has 0 aliphatic heterocycles. The maximum atomic E-state index is 12.1. The Bertz CT molecular complexity index is 277. The fraction of sp³-hybridized carbons (Fsp3) is 0.143. The quantitative estimate of drug-likeness (QED) is 0.578. The van der Waals surface area contributed by atoms with Gasteiger partial charge in [-0.3, -0.25) is 0 Å². The number of halogens is 3. The summed E-state index contributed by atoms with van der Waals surface area (Å²) >= 11 is 0. The van der Waals surface area contributed by atoms with Gasteiger partial charge in [-0.25, -0.2) is 0 Å². The molecule has 0 amide bonds. The smallest absolute Gasteiger partial charge is 0.445 e. The summed E-state index contributed by atoms with van der Waals surface area (Å²) < 4.78 is 36.3. The molecule has 0 aromatic heterocycles. The van der Waals surface area contributed by atoms with Gasteiger partial charge in [0, 0.05) is 0 Å². The monoisotopic (exact) mass is 214 g/mol. The molecule has 0 atom stereocenters. The third kappa shape index (κ3) is 4.14. The SMILES string of the molecule is OCc1cccc([B-](F)(F)F)c1.[K+]. The predicted molar refractivity (Wildman–Crippen MR) is 41.1 cm³/mol. The molecule has 1 aromatic rings. The summed E-state index contributed by atoms with van der Waals surface area (Å²) in [5, 5.41) is 8.57. The molecule has 0 fully saturated rings. The molecule has 0 aliphatic rings. The van der Waals surface area contributed by atoms with Crippen LogP contribution >= 0.6 is 0 Å². The van der Waals surface area contributed by atoms with Crippen LogP contribution in [-0.4, -0.2) is 12.1 Å². The van der Waals surface area contributed by atoms with Gasteiger partial charge >= 0.3 is 58.4 Å². The normalized spacial score (nSPS) is 10.8. The van der Waals surface area contributed by atoms with Gasteiger partial charge in [0.25, 0.3) is 0 Å². The second kappa shape index (κ2) is 5.53. The number of aliphatic hydroxyl groups is 1. The molecular weight excluding hydrogens is 207 g/mol. The zero-order chi connectivity index (χ0) is 9.19. The average Bonchev–Trinajstić information content (AvgIpc) is 2.03. The van der Waals surface area contributed by atoms with E-state index in [1.165, 1.54) is 12.1 Å². The summed E-state index contributed by atoms with van der Waals surface area (Å²) in [5.74, 6) is 0. The first kappa shape index (κ1) is 13.7. The van der Waals surface area contributed by atoms with E-state index in [1.54, 1.807) is 0 Å². The van der Waals surface area contributed by atoms with Crippen LogP contribution in [0.3, 0.4) is 0 Å². The van der Waals surface area contributed by atoms with Gasteiger partial charge in [-0.05, 0) is 5.56 Å². The van der Waals surface area contributed by atoms with E-state index >= 15 is 0 Å². The van der Waals surface area contributed by atoms with Crippen molar-refractivity contribution in [3.8, 4) is 0 Å². The number of rotatable bonds is 2. The molecule has 0 saturated carbocycles. The van der Waals surface area contributed by atoms with Crippen molar-refractivity contribution in [1.82, 2.24) is 0 Å². The molecule has 66 valence electrons. The third-order valence-electron chi connectivity index (χ3n) is 1.51. The molecule has 1 nitrogen and oxygen atoms in total. The molecule has 0 saturated heterocycles. The summed E-state index contributed by atoms with van der Waals surface area (Å²) in [6.07, 6.45) is 0. The van der Waals surface area contributed by atoms with Crippen LogP contribution < -0.4 is 56.8 Å². The minimum Gasteiger partial charge on any atom is -0.445 e. The Morgan fingerprint density at radius 2 is 1.85 bits per heavy atom. The van der Waals surface area contributed by atoms with Crippen molar-refractivity contribution in [3.05, 3.63) is 29.8 Å². The third-order valence-corrected chi connectivity index (χ3v) is 1.51. The molecule has 0 spiro atoms. The number of hydrogen-bond donors (Lipinski definition) is 1. The van der Waals surface area contributed by atoms with E-state index in [4.69, 9.17) is 5.11 Å². The van der Waals surface area contributed by atoms with Gasteiger partial charge in [-0.2, -0.15) is 0 Å². The van der Waals surface area contributed by atoms with E-state index in [0.717, 1.165) is 12.1 Å². The Morgan fingerprint density at radius 3 is 2.31 bits per heavy atom. The maximum absolute atomic E-state index is 12.1. The zero-order valence-electron chi connectivity index (χ0n) is 7.17. The van der Waals surface area contributed by atoms with Crippen molar-refractivity contribution in [1.29, 1.82) is 0 Å². The molecule has 0 aliphatic carbocycles. The molecule has 13 heavy (non-hydrogen) atoms. The van der Waals surface area contributed by atoms with Crippen LogP contribution in [-0.2, 0) is 6.61 Å². The van der Waals surface area contributed by atoms with E-state index in [0.29, 0.717) is 0 Å². The van der Waals surface area contributed by atoms with Crippen LogP contribution in [0.4, 0.5) is 12.9 Å². The van der Waals surface area contributed by atoms with E-state index in [-0.39, 0.29) is 63.6 Å². The Morgan fingerprint density at radius 1 is 1.23 bits per heavy atom. The first-order valence-electron chi connectivity index (χ1n) is 3.43. The summed E-state index contributed by atoms with van der Waals surface area (Å²) in [7, 11) is 0. The summed E-state index contributed by atoms with van der Waals surface area (Å²) in [5.41, 5.74) is -0.381. The molecule has 0 radical (unpaired) electrons. The van der Waals surface area contributed by atoms with Crippen LogP contribution in [0.2, 0.25) is 0 Å². The molecule has 0 heterocycles. The average molecular weight is 214 g/mol. The molecule has 1 N–H and O–H groups in total. The number of benzene rings is 1. The second-order valence-corrected chi connectivity index (χ2v) is 2.48. The van der Waals surface area contributed by atoms with Crippen LogP contribution in [0.25, 0.3) is 0 Å². The molecule has 0 unspecified atom stereocenters. The standard InChI is InChI=1S/C7H7BF3O.K/c9-8(10,11)7-3-1-2-6(4-7)5-12;/h1-4,12H,5H2;/q-1;+1. The van der Waals surface area contributed by atoms with Gasteiger partial charge in [-0.15, -0.1) is 5.46 Å². The van der Waals surface area contributed by atoms with Gasteiger partial charge in [0.1, 0.15) is 0 Å². The zero-order valence-corrected chi connectivity index (χ0v) is 10.3. The van der Waals surface area contributed by atoms with Gasteiger partial charge < -0.3 is 18.1 Å². The molecular formula is C7H7BF3KO. The van der Waals surface area contributed by atoms with Gasteiger partial charge in [0.2, 0.25) is 0 Å². The van der Waals surface area contributed by atoms with E-state index < -0.39 is 12.4 Å². The summed E-state index contributed by atoms with van der Waals surface area (Å²) in [6, 6.07) is 4.70. The van der Waals surface area contributed by atoms with Crippen molar-refractivity contribution in [2.75, 3.05) is 0 Å². The van der Waals surface area contributed by atoms with Crippen LogP contribution in [0.15, 0.2) is 24.3 Å². The van der Waals surface area contributed by atoms with Crippen LogP contribution in [0.5, 0.6) is 0 Å². The van der Waals surface area contributed by atoms with E-state index in [1.807, 2.05) is 0 Å². The van der Waals surface area contributed by atoms with Crippen LogP contribution in [0.1, 0.15) is 5.56 Å². The fourth-order valence-corrected chi connectivity index (χ4v) is 0.895. The van der Waals surface area contributed by atoms with Crippen molar-refractivity contribution in [3.63, 3.8) is 0 Å². The molecule has 6 heteroatoms. The number of aliphatic hydroxyl groups excluding tert-OH is 1. The first-order chi connectivity index (χ1) is 5.54. The minimum absolute atomic E-state index is 0. The molecule has 1 rings (SSSR count). The Hall–Kier alpha value is 0.671. The Balaban J connectivity index is 0.00000144. The fourth-order valence-electron chi connectivity index (χ4n) is 0.895. The maximum Gasteiger partial charge on any atom is 1.00 e. The summed E-state index contributed by atoms with van der Waals surface area (Å²) in [4.78, 5) is 0. The van der Waals surface area contributed by atoms with Crippen molar-refractivity contribution >= 4 is 12.4 Å². The van der Waals surface area contributed by atoms with Gasteiger partial charge in [0.05, 0.1) is 6.61 Å². The second-order valence-electron chi connectivity index (χ2n) is 2.48. The Kier molecular flexibility index (Phi) is 5.81. The van der Waals surface area contributed by atoms with Crippen LogP contribution in [0, 0.1) is 0 Å². The number of hydrogen-bond acceptors (Lipinski definition) is 1. The van der Waals surface area contributed by atoms with Crippen molar-refractivity contribution < 1.29 is 69.4 Å². The van der Waals surface area contributed by atoms with E-state index in [2.05, 4.69) is 0 Å². The largest absolute Gasteiger partial charge is 1.00 e. The van der Waals surface area contributed by atoms with Gasteiger partial charge in [0.15, 0.2) is 0 Å². The topological polar surface area (TPSA) is 20.2 Å². The Labute approximate surface area is 117 Å². The molecule has 1 aromatic carbocycles. The minimum atomic E-state index is -4.94. The van der Waals surface area contributed by atoms with Gasteiger partial charge in [-0.1, -0.05) is 24.3 Å². The first-order valence-corrected chi connectivity index (χ1v) is 3.43. The predicted octanol–water partition coefficient (Wildman–Crippen LogP) is -1.76. The summed E-state index contributed by atoms with van der Waals surface area (Å²) in [6.45, 7) is -5.30. The van der Waals surface area contributed by atoms with Crippen molar-refractivity contribution in [2.24, 2.45) is 0 Å². The van der Waals surface area contributed by atoms with Crippen molar-refractivity contribution in [2.45, 2.75) is 6.61 Å². The van der Waals surface area contributed by atoms with E-state index in [9.17, 15) is 12.9 Å².